The molecule has 0 saturated carbocycles. The Morgan fingerprint density at radius 3 is 2.43 bits per heavy atom. The van der Waals surface area contributed by atoms with Crippen LogP contribution in [0.15, 0.2) is 66.7 Å². The quantitative estimate of drug-likeness (QED) is 0.424. The summed E-state index contributed by atoms with van der Waals surface area (Å²) >= 11 is 0. The Bertz CT molecular complexity index is 808. The van der Waals surface area contributed by atoms with E-state index in [2.05, 4.69) is 47.8 Å². The van der Waals surface area contributed by atoms with Gasteiger partial charge in [-0.1, -0.05) is 54.6 Å². The standard InChI is InChI=1S/C19H18N2O2/c22-21(23)18-10-8-15(9-11-18)14-20-13-12-17-6-3-5-16-4-1-2-7-19(16)17/h1-11,20H,12-14H2. The van der Waals surface area contributed by atoms with Crippen molar-refractivity contribution in [2.75, 3.05) is 6.54 Å². The second-order valence-corrected chi connectivity index (χ2v) is 5.49. The number of nitrogens with zero attached hydrogens (tertiary/aromatic N) is 1. The number of nitrogens with one attached hydrogen (secondary N) is 1. The highest BCUT2D eigenvalue weighted by molar-refractivity contribution is 5.85. The van der Waals surface area contributed by atoms with Crippen LogP contribution in [-0.4, -0.2) is 11.5 Å². The lowest BCUT2D eigenvalue weighted by Gasteiger charge is -2.08. The molecular weight excluding hydrogens is 288 g/mol. The van der Waals surface area contributed by atoms with Gasteiger partial charge >= 0.3 is 0 Å². The molecule has 0 saturated heterocycles. The Balaban J connectivity index is 1.56. The molecule has 3 rings (SSSR count). The van der Waals surface area contributed by atoms with Crippen LogP contribution in [0, 0.1) is 10.1 Å². The first-order chi connectivity index (χ1) is 11.2. The minimum atomic E-state index is -0.377. The van der Waals surface area contributed by atoms with Gasteiger partial charge in [0.1, 0.15) is 0 Å². The molecule has 0 aromatic heterocycles. The molecule has 0 aliphatic heterocycles. The predicted molar refractivity (Wildman–Crippen MR) is 92.5 cm³/mol. The first-order valence-corrected chi connectivity index (χ1v) is 7.65. The molecule has 0 atom stereocenters. The molecule has 0 fully saturated rings. The Morgan fingerprint density at radius 1 is 0.913 bits per heavy atom. The van der Waals surface area contributed by atoms with Crippen LogP contribution in [0.4, 0.5) is 5.69 Å². The highest BCUT2D eigenvalue weighted by atomic mass is 16.6. The first-order valence-electron chi connectivity index (χ1n) is 7.65. The molecule has 4 heteroatoms. The van der Waals surface area contributed by atoms with E-state index in [0.717, 1.165) is 18.5 Å². The van der Waals surface area contributed by atoms with Crippen molar-refractivity contribution in [2.24, 2.45) is 0 Å². The van der Waals surface area contributed by atoms with Crippen LogP contribution in [0.3, 0.4) is 0 Å². The molecule has 0 unspecified atom stereocenters. The smallest absolute Gasteiger partial charge is 0.269 e. The fourth-order valence-electron chi connectivity index (χ4n) is 2.70. The summed E-state index contributed by atoms with van der Waals surface area (Å²) in [6, 6.07) is 21.5. The molecule has 0 aliphatic carbocycles. The number of fused-ring (bicyclic) bond motifs is 1. The first kappa shape index (κ1) is 15.2. The van der Waals surface area contributed by atoms with Crippen LogP contribution in [0.5, 0.6) is 0 Å². The van der Waals surface area contributed by atoms with Crippen molar-refractivity contribution in [3.05, 3.63) is 88.0 Å². The van der Waals surface area contributed by atoms with Gasteiger partial charge in [-0.15, -0.1) is 0 Å². The average molecular weight is 306 g/mol. The Kier molecular flexibility index (Phi) is 4.64. The average Bonchev–Trinajstić information content (AvgIpc) is 2.59. The topological polar surface area (TPSA) is 55.2 Å². The zero-order valence-corrected chi connectivity index (χ0v) is 12.7. The highest BCUT2D eigenvalue weighted by Crippen LogP contribution is 2.18. The van der Waals surface area contributed by atoms with Gasteiger partial charge in [-0.05, 0) is 34.9 Å². The maximum Gasteiger partial charge on any atom is 0.269 e. The van der Waals surface area contributed by atoms with Crippen LogP contribution in [0.25, 0.3) is 10.8 Å². The molecule has 0 amide bonds. The Labute approximate surface area is 134 Å². The summed E-state index contributed by atoms with van der Waals surface area (Å²) < 4.78 is 0. The third kappa shape index (κ3) is 3.73. The van der Waals surface area contributed by atoms with Crippen LogP contribution in [-0.2, 0) is 13.0 Å². The van der Waals surface area contributed by atoms with Gasteiger partial charge in [0.25, 0.3) is 5.69 Å². The minimum absolute atomic E-state index is 0.129. The predicted octanol–water partition coefficient (Wildman–Crippen LogP) is 4.08. The summed E-state index contributed by atoms with van der Waals surface area (Å²) in [6.07, 6.45) is 0.953. The molecule has 0 spiro atoms. The molecule has 3 aromatic carbocycles. The number of nitro groups is 1. The van der Waals surface area contributed by atoms with E-state index >= 15 is 0 Å². The van der Waals surface area contributed by atoms with Crippen molar-refractivity contribution in [1.29, 1.82) is 0 Å². The van der Waals surface area contributed by atoms with Crippen molar-refractivity contribution in [3.63, 3.8) is 0 Å². The Morgan fingerprint density at radius 2 is 1.65 bits per heavy atom. The van der Waals surface area contributed by atoms with Gasteiger partial charge in [0.2, 0.25) is 0 Å². The molecule has 3 aromatic rings. The molecule has 116 valence electrons. The SMILES string of the molecule is O=[N+]([O-])c1ccc(CNCCc2cccc3ccccc23)cc1. The summed E-state index contributed by atoms with van der Waals surface area (Å²) in [4.78, 5) is 10.2. The van der Waals surface area contributed by atoms with Gasteiger partial charge in [0, 0.05) is 18.7 Å². The number of hydrogen-bond acceptors (Lipinski definition) is 3. The van der Waals surface area contributed by atoms with E-state index in [1.807, 2.05) is 0 Å². The van der Waals surface area contributed by atoms with Crippen molar-refractivity contribution in [2.45, 2.75) is 13.0 Å². The van der Waals surface area contributed by atoms with E-state index in [1.54, 1.807) is 24.3 Å². The molecule has 23 heavy (non-hydrogen) atoms. The third-order valence-electron chi connectivity index (χ3n) is 3.93. The minimum Gasteiger partial charge on any atom is -0.312 e. The van der Waals surface area contributed by atoms with E-state index in [4.69, 9.17) is 0 Å². The largest absolute Gasteiger partial charge is 0.312 e. The highest BCUT2D eigenvalue weighted by Gasteiger charge is 2.04. The summed E-state index contributed by atoms with van der Waals surface area (Å²) in [7, 11) is 0. The fraction of sp³-hybridized carbons (Fsp3) is 0.158. The number of nitro benzene ring substituents is 1. The normalized spacial score (nSPS) is 10.8. The van der Waals surface area contributed by atoms with Crippen molar-refractivity contribution in [3.8, 4) is 0 Å². The number of hydrogen-bond donors (Lipinski definition) is 1. The van der Waals surface area contributed by atoms with Crippen LogP contribution < -0.4 is 5.32 Å². The zero-order valence-electron chi connectivity index (χ0n) is 12.7. The number of non-ortho nitro benzene ring substituents is 1. The lowest BCUT2D eigenvalue weighted by atomic mass is 10.0. The van der Waals surface area contributed by atoms with Crippen LogP contribution in [0.2, 0.25) is 0 Å². The number of benzene rings is 3. The molecule has 0 aliphatic rings. The van der Waals surface area contributed by atoms with Crippen molar-refractivity contribution < 1.29 is 4.92 Å². The maximum atomic E-state index is 10.6. The second kappa shape index (κ2) is 7.03. The molecule has 1 N–H and O–H groups in total. The van der Waals surface area contributed by atoms with Gasteiger partial charge in [-0.3, -0.25) is 10.1 Å². The zero-order chi connectivity index (χ0) is 16.1. The third-order valence-corrected chi connectivity index (χ3v) is 3.93. The van der Waals surface area contributed by atoms with Gasteiger partial charge in [0.15, 0.2) is 0 Å². The fourth-order valence-corrected chi connectivity index (χ4v) is 2.70. The second-order valence-electron chi connectivity index (χ2n) is 5.49. The van der Waals surface area contributed by atoms with E-state index in [0.29, 0.717) is 6.54 Å². The van der Waals surface area contributed by atoms with Crippen molar-refractivity contribution in [1.82, 2.24) is 5.32 Å². The van der Waals surface area contributed by atoms with E-state index < -0.39 is 0 Å². The molecule has 0 radical (unpaired) electrons. The lowest BCUT2D eigenvalue weighted by molar-refractivity contribution is -0.384. The summed E-state index contributed by atoms with van der Waals surface area (Å²) in [5, 5.41) is 16.6. The van der Waals surface area contributed by atoms with Gasteiger partial charge < -0.3 is 5.32 Å². The number of rotatable bonds is 6. The van der Waals surface area contributed by atoms with Crippen LogP contribution >= 0.6 is 0 Å². The van der Waals surface area contributed by atoms with Crippen LogP contribution in [0.1, 0.15) is 11.1 Å². The van der Waals surface area contributed by atoms with Crippen molar-refractivity contribution >= 4 is 16.5 Å². The summed E-state index contributed by atoms with van der Waals surface area (Å²) in [5.41, 5.74) is 2.51. The van der Waals surface area contributed by atoms with Gasteiger partial charge in [-0.2, -0.15) is 0 Å². The maximum absolute atomic E-state index is 10.6. The van der Waals surface area contributed by atoms with Gasteiger partial charge in [-0.25, -0.2) is 0 Å². The van der Waals surface area contributed by atoms with E-state index in [-0.39, 0.29) is 10.6 Å². The molecule has 0 heterocycles. The molecular formula is C19H18N2O2. The van der Waals surface area contributed by atoms with Gasteiger partial charge in [0.05, 0.1) is 4.92 Å². The lowest BCUT2D eigenvalue weighted by Crippen LogP contribution is -2.16. The monoisotopic (exact) mass is 306 g/mol. The van der Waals surface area contributed by atoms with E-state index in [9.17, 15) is 10.1 Å². The molecule has 0 bridgehead atoms. The summed E-state index contributed by atoms with van der Waals surface area (Å²) in [6.45, 7) is 1.58. The Hall–Kier alpha value is -2.72. The van der Waals surface area contributed by atoms with E-state index in [1.165, 1.54) is 16.3 Å². The molecule has 4 nitrogen and oxygen atoms in total. The summed E-state index contributed by atoms with van der Waals surface area (Å²) in [5.74, 6) is 0.